The highest BCUT2D eigenvalue weighted by Crippen LogP contribution is 2.28. The second kappa shape index (κ2) is 7.00. The molecule has 1 amide bonds. The molecule has 0 unspecified atom stereocenters. The van der Waals surface area contributed by atoms with Gasteiger partial charge in [0.25, 0.3) is 5.91 Å². The van der Waals surface area contributed by atoms with Crippen LogP contribution in [-0.4, -0.2) is 25.1 Å². The molecule has 24 heavy (non-hydrogen) atoms. The average Bonchev–Trinajstić information content (AvgIpc) is 2.65. The maximum atomic E-state index is 12.6. The van der Waals surface area contributed by atoms with E-state index in [0.717, 1.165) is 22.1 Å². The number of aromatic nitrogens is 1. The third-order valence-electron chi connectivity index (χ3n) is 3.81. The first kappa shape index (κ1) is 15.8. The molecule has 0 saturated carbocycles. The fourth-order valence-corrected chi connectivity index (χ4v) is 2.60. The van der Waals surface area contributed by atoms with Gasteiger partial charge in [0.15, 0.2) is 0 Å². The number of carbonyl (C=O) groups excluding carboxylic acids is 1. The third kappa shape index (κ3) is 3.15. The van der Waals surface area contributed by atoms with E-state index < -0.39 is 0 Å². The molecule has 0 aliphatic rings. The Labute approximate surface area is 140 Å². The van der Waals surface area contributed by atoms with Crippen LogP contribution in [-0.2, 0) is 6.54 Å². The third-order valence-corrected chi connectivity index (χ3v) is 3.81. The number of pyridine rings is 1. The molecule has 3 rings (SSSR count). The van der Waals surface area contributed by atoms with E-state index in [2.05, 4.69) is 10.3 Å². The van der Waals surface area contributed by atoms with Crippen LogP contribution in [0.5, 0.6) is 11.6 Å². The van der Waals surface area contributed by atoms with Gasteiger partial charge in [0, 0.05) is 29.8 Å². The molecule has 5 heteroatoms. The molecule has 0 atom stereocenters. The number of methoxy groups -OCH3 is 2. The smallest absolute Gasteiger partial charge is 0.252 e. The first-order valence-electron chi connectivity index (χ1n) is 7.56. The van der Waals surface area contributed by atoms with Crippen LogP contribution >= 0.6 is 0 Å². The molecule has 1 heterocycles. The second-order valence-corrected chi connectivity index (χ2v) is 5.25. The molecular weight excluding hydrogens is 304 g/mol. The molecule has 2 aromatic carbocycles. The monoisotopic (exact) mass is 322 g/mol. The van der Waals surface area contributed by atoms with Crippen molar-refractivity contribution in [3.8, 4) is 11.6 Å². The number of amides is 1. The van der Waals surface area contributed by atoms with E-state index in [-0.39, 0.29) is 5.91 Å². The van der Waals surface area contributed by atoms with Gasteiger partial charge in [0.2, 0.25) is 5.88 Å². The van der Waals surface area contributed by atoms with Gasteiger partial charge in [-0.15, -0.1) is 0 Å². The van der Waals surface area contributed by atoms with Crippen LogP contribution in [0.25, 0.3) is 10.8 Å². The fourth-order valence-electron chi connectivity index (χ4n) is 2.60. The van der Waals surface area contributed by atoms with E-state index in [1.54, 1.807) is 32.5 Å². The quantitative estimate of drug-likeness (QED) is 0.784. The van der Waals surface area contributed by atoms with Crippen LogP contribution in [0.3, 0.4) is 0 Å². The van der Waals surface area contributed by atoms with Gasteiger partial charge in [0.05, 0.1) is 14.2 Å². The highest BCUT2D eigenvalue weighted by atomic mass is 16.5. The number of fused-ring (bicyclic) bond motifs is 1. The summed E-state index contributed by atoms with van der Waals surface area (Å²) in [6.45, 7) is 0.401. The van der Waals surface area contributed by atoms with Gasteiger partial charge in [-0.05, 0) is 29.1 Å². The average molecular weight is 322 g/mol. The van der Waals surface area contributed by atoms with Crippen LogP contribution in [0.2, 0.25) is 0 Å². The van der Waals surface area contributed by atoms with Crippen molar-refractivity contribution in [2.45, 2.75) is 6.54 Å². The molecule has 1 N–H and O–H groups in total. The van der Waals surface area contributed by atoms with Crippen molar-refractivity contribution in [3.05, 3.63) is 65.9 Å². The maximum absolute atomic E-state index is 12.6. The van der Waals surface area contributed by atoms with Crippen molar-refractivity contribution in [2.24, 2.45) is 0 Å². The van der Waals surface area contributed by atoms with E-state index in [1.807, 2.05) is 36.4 Å². The Morgan fingerprint density at radius 1 is 1.04 bits per heavy atom. The molecule has 0 saturated heterocycles. The van der Waals surface area contributed by atoms with Crippen molar-refractivity contribution in [1.29, 1.82) is 0 Å². The van der Waals surface area contributed by atoms with Crippen LogP contribution < -0.4 is 14.8 Å². The minimum absolute atomic E-state index is 0.135. The zero-order valence-electron chi connectivity index (χ0n) is 13.6. The van der Waals surface area contributed by atoms with E-state index in [9.17, 15) is 4.79 Å². The number of nitrogens with one attached hydrogen (secondary N) is 1. The lowest BCUT2D eigenvalue weighted by molar-refractivity contribution is 0.0952. The Bertz CT molecular complexity index is 877. The van der Waals surface area contributed by atoms with Crippen molar-refractivity contribution in [3.63, 3.8) is 0 Å². The maximum Gasteiger partial charge on any atom is 0.252 e. The molecule has 5 nitrogen and oxygen atoms in total. The summed E-state index contributed by atoms with van der Waals surface area (Å²) in [5.41, 5.74) is 1.54. The summed E-state index contributed by atoms with van der Waals surface area (Å²) in [5.74, 6) is 1.14. The predicted octanol–water partition coefficient (Wildman–Crippen LogP) is 3.18. The van der Waals surface area contributed by atoms with Gasteiger partial charge < -0.3 is 14.8 Å². The number of hydrogen-bond donors (Lipinski definition) is 1. The minimum Gasteiger partial charge on any atom is -0.496 e. The number of ether oxygens (including phenoxy) is 2. The van der Waals surface area contributed by atoms with Gasteiger partial charge in [-0.2, -0.15) is 0 Å². The SMILES string of the molecule is COc1cc(CNC(=O)c2ccc(OC)c3ccccc23)ccn1. The van der Waals surface area contributed by atoms with Gasteiger partial charge in [0.1, 0.15) is 5.75 Å². The van der Waals surface area contributed by atoms with Crippen molar-refractivity contribution >= 4 is 16.7 Å². The largest absolute Gasteiger partial charge is 0.496 e. The first-order chi connectivity index (χ1) is 11.7. The first-order valence-corrected chi connectivity index (χ1v) is 7.56. The Kier molecular flexibility index (Phi) is 4.61. The second-order valence-electron chi connectivity index (χ2n) is 5.25. The molecule has 1 aromatic heterocycles. The lowest BCUT2D eigenvalue weighted by atomic mass is 10.0. The molecule has 0 bridgehead atoms. The summed E-state index contributed by atoms with van der Waals surface area (Å²) in [5, 5.41) is 4.71. The lowest BCUT2D eigenvalue weighted by Crippen LogP contribution is -2.23. The van der Waals surface area contributed by atoms with E-state index in [4.69, 9.17) is 9.47 Å². The molecule has 122 valence electrons. The highest BCUT2D eigenvalue weighted by molar-refractivity contribution is 6.08. The number of carbonyl (C=O) groups is 1. The molecule has 3 aromatic rings. The highest BCUT2D eigenvalue weighted by Gasteiger charge is 2.12. The summed E-state index contributed by atoms with van der Waals surface area (Å²) in [6, 6.07) is 14.9. The summed E-state index contributed by atoms with van der Waals surface area (Å²) >= 11 is 0. The minimum atomic E-state index is -0.135. The molecule has 0 spiro atoms. The molecule has 0 radical (unpaired) electrons. The van der Waals surface area contributed by atoms with Crippen LogP contribution in [0.1, 0.15) is 15.9 Å². The molecule has 0 aliphatic carbocycles. The number of benzene rings is 2. The standard InChI is InChI=1S/C19H18N2O3/c1-23-17-8-7-16(14-5-3-4-6-15(14)17)19(22)21-12-13-9-10-20-18(11-13)24-2/h3-11H,12H2,1-2H3,(H,21,22). The summed E-state index contributed by atoms with van der Waals surface area (Å²) in [6.07, 6.45) is 1.66. The van der Waals surface area contributed by atoms with Crippen LogP contribution in [0.15, 0.2) is 54.7 Å². The Morgan fingerprint density at radius 3 is 2.58 bits per heavy atom. The van der Waals surface area contributed by atoms with Gasteiger partial charge in [-0.1, -0.05) is 24.3 Å². The summed E-state index contributed by atoms with van der Waals surface area (Å²) < 4.78 is 10.5. The van der Waals surface area contributed by atoms with Gasteiger partial charge in [-0.3, -0.25) is 4.79 Å². The summed E-state index contributed by atoms with van der Waals surface area (Å²) in [7, 11) is 3.19. The van der Waals surface area contributed by atoms with Gasteiger partial charge in [-0.25, -0.2) is 4.98 Å². The number of hydrogen-bond acceptors (Lipinski definition) is 4. The predicted molar refractivity (Wildman–Crippen MR) is 92.5 cm³/mol. The Balaban J connectivity index is 1.84. The zero-order valence-corrected chi connectivity index (χ0v) is 13.6. The Hall–Kier alpha value is -3.08. The molecule has 0 fully saturated rings. The van der Waals surface area contributed by atoms with E-state index in [0.29, 0.717) is 18.0 Å². The molecule has 0 aliphatic heterocycles. The fraction of sp³-hybridized carbons (Fsp3) is 0.158. The van der Waals surface area contributed by atoms with Crippen molar-refractivity contribution in [1.82, 2.24) is 10.3 Å². The normalized spacial score (nSPS) is 10.4. The van der Waals surface area contributed by atoms with Crippen LogP contribution in [0.4, 0.5) is 0 Å². The van der Waals surface area contributed by atoms with Crippen molar-refractivity contribution in [2.75, 3.05) is 14.2 Å². The number of nitrogens with zero attached hydrogens (tertiary/aromatic N) is 1. The Morgan fingerprint density at radius 2 is 1.83 bits per heavy atom. The van der Waals surface area contributed by atoms with E-state index >= 15 is 0 Å². The number of rotatable bonds is 5. The van der Waals surface area contributed by atoms with Crippen LogP contribution in [0, 0.1) is 0 Å². The lowest BCUT2D eigenvalue weighted by Gasteiger charge is -2.11. The van der Waals surface area contributed by atoms with E-state index in [1.165, 1.54) is 0 Å². The molecular formula is C19H18N2O3. The summed E-state index contributed by atoms with van der Waals surface area (Å²) in [4.78, 5) is 16.6. The zero-order chi connectivity index (χ0) is 16.9. The van der Waals surface area contributed by atoms with Crippen molar-refractivity contribution < 1.29 is 14.3 Å². The van der Waals surface area contributed by atoms with Gasteiger partial charge >= 0.3 is 0 Å². The topological polar surface area (TPSA) is 60.5 Å².